The standard InChI is InChI=1S/C22H17F3N4O2/c1-11-19-14(21(28(2)26-19)12-9-15(23)18(25)16(24)10-12)7-8-29(11)22(30)20-13-5-3-4-6-17(13)31-27-20/h3-6,9-11H,7-8H2,1-2H3/t11-/m0/s1. The van der Waals surface area contributed by atoms with Crippen LogP contribution in [0.15, 0.2) is 40.9 Å². The van der Waals surface area contributed by atoms with Crippen molar-refractivity contribution >= 4 is 16.9 Å². The highest BCUT2D eigenvalue weighted by atomic mass is 19.2. The zero-order valence-electron chi connectivity index (χ0n) is 16.7. The van der Waals surface area contributed by atoms with E-state index in [0.29, 0.717) is 35.3 Å². The average molecular weight is 426 g/mol. The highest BCUT2D eigenvalue weighted by Gasteiger charge is 2.35. The van der Waals surface area contributed by atoms with Gasteiger partial charge in [-0.05, 0) is 37.6 Å². The molecule has 1 amide bonds. The molecule has 2 aromatic carbocycles. The Labute approximate surface area is 174 Å². The van der Waals surface area contributed by atoms with Gasteiger partial charge >= 0.3 is 0 Å². The Kier molecular flexibility index (Phi) is 4.35. The van der Waals surface area contributed by atoms with E-state index in [-0.39, 0.29) is 17.2 Å². The predicted octanol–water partition coefficient (Wildman–Crippen LogP) is 4.41. The topological polar surface area (TPSA) is 64.2 Å². The molecule has 4 aromatic rings. The molecule has 1 aliphatic rings. The average Bonchev–Trinajstić information content (AvgIpc) is 3.32. The number of nitrogens with zero attached hydrogens (tertiary/aromatic N) is 4. The lowest BCUT2D eigenvalue weighted by Crippen LogP contribution is -2.39. The quantitative estimate of drug-likeness (QED) is 0.446. The maximum atomic E-state index is 13.8. The Morgan fingerprint density at radius 1 is 1.16 bits per heavy atom. The van der Waals surface area contributed by atoms with Crippen LogP contribution in [0, 0.1) is 17.5 Å². The van der Waals surface area contributed by atoms with E-state index in [4.69, 9.17) is 4.52 Å². The third-order valence-corrected chi connectivity index (χ3v) is 5.74. The van der Waals surface area contributed by atoms with E-state index in [1.54, 1.807) is 36.2 Å². The van der Waals surface area contributed by atoms with Crippen molar-refractivity contribution in [3.8, 4) is 11.3 Å². The largest absolute Gasteiger partial charge is 0.355 e. The van der Waals surface area contributed by atoms with E-state index < -0.39 is 23.5 Å². The summed E-state index contributed by atoms with van der Waals surface area (Å²) in [5, 5.41) is 9.08. The summed E-state index contributed by atoms with van der Waals surface area (Å²) in [4.78, 5) is 14.9. The molecule has 158 valence electrons. The smallest absolute Gasteiger partial charge is 0.277 e. The van der Waals surface area contributed by atoms with Crippen molar-refractivity contribution in [2.45, 2.75) is 19.4 Å². The fourth-order valence-corrected chi connectivity index (χ4v) is 4.25. The number of hydrogen-bond donors (Lipinski definition) is 0. The molecule has 0 aliphatic carbocycles. The first kappa shape index (κ1) is 19.3. The van der Waals surface area contributed by atoms with Crippen molar-refractivity contribution in [1.82, 2.24) is 19.8 Å². The van der Waals surface area contributed by atoms with E-state index in [2.05, 4.69) is 10.3 Å². The van der Waals surface area contributed by atoms with Gasteiger partial charge in [0.25, 0.3) is 5.91 Å². The lowest BCUT2D eigenvalue weighted by molar-refractivity contribution is 0.0665. The van der Waals surface area contributed by atoms with E-state index in [1.807, 2.05) is 6.92 Å². The van der Waals surface area contributed by atoms with Gasteiger partial charge in [-0.1, -0.05) is 17.3 Å². The molecule has 0 radical (unpaired) electrons. The molecule has 0 unspecified atom stereocenters. The molecular formula is C22H17F3N4O2. The van der Waals surface area contributed by atoms with Gasteiger partial charge in [-0.25, -0.2) is 13.2 Å². The molecule has 0 bridgehead atoms. The summed E-state index contributed by atoms with van der Waals surface area (Å²) in [5.41, 5.74) is 2.84. The molecule has 9 heteroatoms. The second-order valence-corrected chi connectivity index (χ2v) is 7.54. The van der Waals surface area contributed by atoms with Crippen LogP contribution in [-0.4, -0.2) is 32.3 Å². The molecule has 1 aliphatic heterocycles. The SMILES string of the molecule is C[C@H]1c2nn(C)c(-c3cc(F)c(F)c(F)c3)c2CCN1C(=O)c1noc2ccccc12. The Balaban J connectivity index is 1.53. The lowest BCUT2D eigenvalue weighted by atomic mass is 9.95. The van der Waals surface area contributed by atoms with Gasteiger partial charge in [0.05, 0.1) is 22.8 Å². The van der Waals surface area contributed by atoms with E-state index >= 15 is 0 Å². The van der Waals surface area contributed by atoms with Crippen LogP contribution >= 0.6 is 0 Å². The number of carbonyl (C=O) groups excluding carboxylic acids is 1. The first-order valence-corrected chi connectivity index (χ1v) is 9.73. The van der Waals surface area contributed by atoms with Crippen LogP contribution in [0.3, 0.4) is 0 Å². The van der Waals surface area contributed by atoms with Crippen molar-refractivity contribution in [2.75, 3.05) is 6.54 Å². The zero-order valence-corrected chi connectivity index (χ0v) is 16.7. The lowest BCUT2D eigenvalue weighted by Gasteiger charge is -2.32. The number of aromatic nitrogens is 3. The summed E-state index contributed by atoms with van der Waals surface area (Å²) in [6.07, 6.45) is 0.422. The summed E-state index contributed by atoms with van der Waals surface area (Å²) >= 11 is 0. The normalized spacial score (nSPS) is 16.0. The minimum Gasteiger partial charge on any atom is -0.355 e. The van der Waals surface area contributed by atoms with Crippen LogP contribution in [-0.2, 0) is 13.5 Å². The Morgan fingerprint density at radius 3 is 2.61 bits per heavy atom. The van der Waals surface area contributed by atoms with Gasteiger partial charge in [-0.3, -0.25) is 9.48 Å². The maximum absolute atomic E-state index is 13.8. The first-order chi connectivity index (χ1) is 14.9. The molecule has 2 aromatic heterocycles. The Bertz CT molecular complexity index is 1320. The second-order valence-electron chi connectivity index (χ2n) is 7.54. The third kappa shape index (κ3) is 2.91. The molecule has 6 nitrogen and oxygen atoms in total. The molecule has 5 rings (SSSR count). The maximum Gasteiger partial charge on any atom is 0.277 e. The second kappa shape index (κ2) is 6.97. The molecule has 31 heavy (non-hydrogen) atoms. The van der Waals surface area contributed by atoms with Crippen LogP contribution in [0.2, 0.25) is 0 Å². The Hall–Kier alpha value is -3.62. The first-order valence-electron chi connectivity index (χ1n) is 9.73. The number of rotatable bonds is 2. The number of carbonyl (C=O) groups is 1. The van der Waals surface area contributed by atoms with Gasteiger partial charge in [0.1, 0.15) is 0 Å². The minimum absolute atomic E-state index is 0.196. The number of amides is 1. The summed E-state index contributed by atoms with van der Waals surface area (Å²) in [6, 6.07) is 8.63. The predicted molar refractivity (Wildman–Crippen MR) is 106 cm³/mol. The van der Waals surface area contributed by atoms with E-state index in [1.165, 1.54) is 4.68 Å². The van der Waals surface area contributed by atoms with E-state index in [0.717, 1.165) is 17.7 Å². The zero-order chi connectivity index (χ0) is 21.9. The molecule has 0 saturated carbocycles. The van der Waals surface area contributed by atoms with Gasteiger partial charge < -0.3 is 9.42 Å². The molecule has 3 heterocycles. The summed E-state index contributed by atoms with van der Waals surface area (Å²) in [7, 11) is 1.65. The van der Waals surface area contributed by atoms with Crippen LogP contribution in [0.4, 0.5) is 13.2 Å². The fourth-order valence-electron chi connectivity index (χ4n) is 4.25. The minimum atomic E-state index is -1.51. The number of halogens is 3. The summed E-state index contributed by atoms with van der Waals surface area (Å²) in [5.74, 6) is -4.31. The number of fused-ring (bicyclic) bond motifs is 2. The third-order valence-electron chi connectivity index (χ3n) is 5.74. The summed E-state index contributed by atoms with van der Waals surface area (Å²) < 4.78 is 47.8. The number of para-hydroxylation sites is 1. The van der Waals surface area contributed by atoms with Gasteiger partial charge in [-0.2, -0.15) is 5.10 Å². The number of aryl methyl sites for hydroxylation is 1. The van der Waals surface area contributed by atoms with Crippen molar-refractivity contribution in [3.05, 3.63) is 70.8 Å². The molecular weight excluding hydrogens is 409 g/mol. The van der Waals surface area contributed by atoms with Crippen molar-refractivity contribution in [3.63, 3.8) is 0 Å². The number of benzene rings is 2. The molecule has 0 fully saturated rings. The van der Waals surface area contributed by atoms with Gasteiger partial charge in [0.2, 0.25) is 0 Å². The highest BCUT2D eigenvalue weighted by Crippen LogP contribution is 2.37. The summed E-state index contributed by atoms with van der Waals surface area (Å²) in [6.45, 7) is 2.19. The number of hydrogen-bond acceptors (Lipinski definition) is 4. The van der Waals surface area contributed by atoms with Crippen molar-refractivity contribution in [1.29, 1.82) is 0 Å². The van der Waals surface area contributed by atoms with Gasteiger partial charge in [0, 0.05) is 24.7 Å². The van der Waals surface area contributed by atoms with E-state index in [9.17, 15) is 18.0 Å². The van der Waals surface area contributed by atoms with Crippen molar-refractivity contribution in [2.24, 2.45) is 7.05 Å². The fraction of sp³-hybridized carbons (Fsp3) is 0.227. The van der Waals surface area contributed by atoms with Crippen LogP contribution in [0.1, 0.15) is 34.7 Å². The monoisotopic (exact) mass is 426 g/mol. The highest BCUT2D eigenvalue weighted by molar-refractivity contribution is 6.04. The van der Waals surface area contributed by atoms with Gasteiger partial charge in [-0.15, -0.1) is 0 Å². The van der Waals surface area contributed by atoms with Crippen LogP contribution in [0.5, 0.6) is 0 Å². The molecule has 0 saturated heterocycles. The molecule has 0 N–H and O–H groups in total. The molecule has 1 atom stereocenters. The van der Waals surface area contributed by atoms with Gasteiger partial charge in [0.15, 0.2) is 28.7 Å². The van der Waals surface area contributed by atoms with Crippen LogP contribution < -0.4 is 0 Å². The van der Waals surface area contributed by atoms with Crippen molar-refractivity contribution < 1.29 is 22.5 Å². The molecule has 0 spiro atoms. The van der Waals surface area contributed by atoms with Crippen LogP contribution in [0.25, 0.3) is 22.2 Å². The Morgan fingerprint density at radius 2 is 1.87 bits per heavy atom.